The average molecular weight is 341 g/mol. The molecule has 1 aromatic heterocycles. The third-order valence-corrected chi connectivity index (χ3v) is 6.35. The van der Waals surface area contributed by atoms with Crippen LogP contribution in [-0.2, 0) is 11.2 Å². The first-order chi connectivity index (χ1) is 11.7. The quantitative estimate of drug-likeness (QED) is 0.908. The van der Waals surface area contributed by atoms with Crippen LogP contribution in [0.2, 0.25) is 0 Å². The maximum atomic E-state index is 12.7. The summed E-state index contributed by atoms with van der Waals surface area (Å²) >= 11 is 1.78. The van der Waals surface area contributed by atoms with E-state index in [1.54, 1.807) is 11.3 Å². The molecule has 2 aromatic rings. The fourth-order valence-electron chi connectivity index (χ4n) is 3.87. The molecule has 4 nitrogen and oxygen atoms in total. The van der Waals surface area contributed by atoms with Gasteiger partial charge in [0.2, 0.25) is 5.91 Å². The number of rotatable bonds is 2. The molecule has 3 heterocycles. The van der Waals surface area contributed by atoms with Crippen molar-refractivity contribution < 1.29 is 4.79 Å². The van der Waals surface area contributed by atoms with Gasteiger partial charge in [-0.3, -0.25) is 9.69 Å². The van der Waals surface area contributed by atoms with E-state index in [9.17, 15) is 4.79 Å². The number of anilines is 1. The summed E-state index contributed by atoms with van der Waals surface area (Å²) < 4.78 is 0. The Morgan fingerprint density at radius 3 is 2.75 bits per heavy atom. The van der Waals surface area contributed by atoms with Crippen molar-refractivity contribution in [2.24, 2.45) is 0 Å². The molecule has 1 saturated heterocycles. The second-order valence-corrected chi connectivity index (χ2v) is 7.73. The molecular weight excluding hydrogens is 318 g/mol. The first-order valence-corrected chi connectivity index (χ1v) is 9.63. The topological polar surface area (TPSA) is 45.2 Å². The van der Waals surface area contributed by atoms with E-state index in [0.717, 1.165) is 50.2 Å². The summed E-state index contributed by atoms with van der Waals surface area (Å²) in [6, 6.07) is 8.16. The van der Waals surface area contributed by atoms with Crippen molar-refractivity contribution in [3.8, 4) is 0 Å². The number of nitrogens with zero attached hydrogens (tertiary/aromatic N) is 2. The molecule has 1 amide bonds. The van der Waals surface area contributed by atoms with Crippen LogP contribution in [0.3, 0.4) is 0 Å². The molecule has 0 radical (unpaired) electrons. The van der Waals surface area contributed by atoms with Crippen molar-refractivity contribution in [2.75, 3.05) is 18.4 Å². The van der Waals surface area contributed by atoms with Crippen LogP contribution in [0.25, 0.3) is 0 Å². The number of benzene rings is 1. The van der Waals surface area contributed by atoms with Crippen molar-refractivity contribution in [3.63, 3.8) is 0 Å². The lowest BCUT2D eigenvalue weighted by atomic mass is 9.95. The molecule has 126 valence electrons. The number of carbonyl (C=O) groups is 1. The number of thiazole rings is 1. The van der Waals surface area contributed by atoms with E-state index in [1.165, 1.54) is 10.6 Å². The lowest BCUT2D eigenvalue weighted by Gasteiger charge is -2.35. The van der Waals surface area contributed by atoms with Crippen LogP contribution < -0.4 is 5.32 Å². The molecule has 1 fully saturated rings. The Labute approximate surface area is 146 Å². The summed E-state index contributed by atoms with van der Waals surface area (Å²) in [6.07, 6.45) is 4.07. The summed E-state index contributed by atoms with van der Waals surface area (Å²) in [5.74, 6) is 0.717. The molecular formula is C19H23N3OS. The maximum absolute atomic E-state index is 12.7. The van der Waals surface area contributed by atoms with Gasteiger partial charge in [-0.15, -0.1) is 11.3 Å². The standard InChI is InChI=1S/C19H23N3OS/c1-13-12-24-19(20-13)15-8-10-22(11-9-15)17-7-6-14-4-2-3-5-16(14)21-18(17)23/h2-5,12,15,17H,6-11H2,1H3,(H,21,23)/t17-/m0/s1. The second kappa shape index (κ2) is 6.65. The van der Waals surface area contributed by atoms with E-state index < -0.39 is 0 Å². The van der Waals surface area contributed by atoms with Gasteiger partial charge in [0.05, 0.1) is 11.0 Å². The molecule has 0 aliphatic carbocycles. The van der Waals surface area contributed by atoms with E-state index >= 15 is 0 Å². The number of hydrogen-bond donors (Lipinski definition) is 1. The number of carbonyl (C=O) groups excluding carboxylic acids is 1. The van der Waals surface area contributed by atoms with E-state index in [-0.39, 0.29) is 11.9 Å². The number of fused-ring (bicyclic) bond motifs is 1. The van der Waals surface area contributed by atoms with Gasteiger partial charge in [-0.25, -0.2) is 4.98 Å². The Balaban J connectivity index is 1.41. The normalized spacial score (nSPS) is 22.7. The highest BCUT2D eigenvalue weighted by molar-refractivity contribution is 7.09. The fourth-order valence-corrected chi connectivity index (χ4v) is 4.83. The average Bonchev–Trinajstić information content (AvgIpc) is 2.95. The number of hydrogen-bond acceptors (Lipinski definition) is 4. The van der Waals surface area contributed by atoms with Crippen molar-refractivity contribution in [2.45, 2.75) is 44.6 Å². The minimum absolute atomic E-state index is 0.00335. The van der Waals surface area contributed by atoms with Gasteiger partial charge in [0.1, 0.15) is 0 Å². The van der Waals surface area contributed by atoms with Gasteiger partial charge in [-0.2, -0.15) is 0 Å². The third kappa shape index (κ3) is 3.10. The Morgan fingerprint density at radius 2 is 2.00 bits per heavy atom. The molecule has 24 heavy (non-hydrogen) atoms. The fraction of sp³-hybridized carbons (Fsp3) is 0.474. The number of aromatic nitrogens is 1. The molecule has 4 rings (SSSR count). The van der Waals surface area contributed by atoms with Gasteiger partial charge in [0.25, 0.3) is 0 Å². The molecule has 2 aliphatic heterocycles. The van der Waals surface area contributed by atoms with Crippen molar-refractivity contribution in [1.29, 1.82) is 0 Å². The highest BCUT2D eigenvalue weighted by Crippen LogP contribution is 2.32. The summed E-state index contributed by atoms with van der Waals surface area (Å²) in [5.41, 5.74) is 3.36. The zero-order valence-electron chi connectivity index (χ0n) is 14.0. The molecule has 0 saturated carbocycles. The maximum Gasteiger partial charge on any atom is 0.241 e. The largest absolute Gasteiger partial charge is 0.324 e. The van der Waals surface area contributed by atoms with Crippen LogP contribution in [0.15, 0.2) is 29.6 Å². The van der Waals surface area contributed by atoms with Gasteiger partial charge < -0.3 is 5.32 Å². The van der Waals surface area contributed by atoms with Crippen LogP contribution in [0.1, 0.15) is 41.4 Å². The van der Waals surface area contributed by atoms with Crippen LogP contribution in [-0.4, -0.2) is 34.9 Å². The number of amides is 1. The van der Waals surface area contributed by atoms with Crippen LogP contribution in [0, 0.1) is 6.92 Å². The monoisotopic (exact) mass is 341 g/mol. The molecule has 1 atom stereocenters. The Morgan fingerprint density at radius 1 is 1.21 bits per heavy atom. The molecule has 1 N–H and O–H groups in total. The SMILES string of the molecule is Cc1csc(C2CCN([C@H]3CCc4ccccc4NC3=O)CC2)n1. The zero-order chi connectivity index (χ0) is 16.5. The van der Waals surface area contributed by atoms with Crippen LogP contribution >= 0.6 is 11.3 Å². The Kier molecular flexibility index (Phi) is 4.37. The third-order valence-electron chi connectivity index (χ3n) is 5.22. The highest BCUT2D eigenvalue weighted by atomic mass is 32.1. The molecule has 0 unspecified atom stereocenters. The van der Waals surface area contributed by atoms with Gasteiger partial charge in [-0.05, 0) is 57.3 Å². The molecule has 5 heteroatoms. The Bertz CT molecular complexity index is 734. The number of nitrogens with one attached hydrogen (secondary N) is 1. The van der Waals surface area contributed by atoms with Gasteiger partial charge in [0.15, 0.2) is 0 Å². The van der Waals surface area contributed by atoms with E-state index in [4.69, 9.17) is 0 Å². The van der Waals surface area contributed by atoms with Crippen LogP contribution in [0.5, 0.6) is 0 Å². The van der Waals surface area contributed by atoms with Crippen molar-refractivity contribution in [1.82, 2.24) is 9.88 Å². The zero-order valence-corrected chi connectivity index (χ0v) is 14.8. The molecule has 2 aliphatic rings. The number of para-hydroxylation sites is 1. The van der Waals surface area contributed by atoms with E-state index in [1.807, 2.05) is 18.2 Å². The summed E-state index contributed by atoms with van der Waals surface area (Å²) in [5, 5.41) is 6.53. The lowest BCUT2D eigenvalue weighted by Crippen LogP contribution is -2.47. The molecule has 1 aromatic carbocycles. The van der Waals surface area contributed by atoms with Gasteiger partial charge in [0, 0.05) is 22.7 Å². The number of piperidine rings is 1. The highest BCUT2D eigenvalue weighted by Gasteiger charge is 2.32. The summed E-state index contributed by atoms with van der Waals surface area (Å²) in [6.45, 7) is 4.03. The lowest BCUT2D eigenvalue weighted by molar-refractivity contribution is -0.121. The van der Waals surface area contributed by atoms with Crippen molar-refractivity contribution in [3.05, 3.63) is 45.9 Å². The molecule has 0 spiro atoms. The summed E-state index contributed by atoms with van der Waals surface area (Å²) in [7, 11) is 0. The van der Waals surface area contributed by atoms with Gasteiger partial charge in [-0.1, -0.05) is 18.2 Å². The smallest absolute Gasteiger partial charge is 0.241 e. The van der Waals surface area contributed by atoms with Crippen molar-refractivity contribution >= 4 is 22.9 Å². The number of likely N-dealkylation sites (tertiary alicyclic amines) is 1. The van der Waals surface area contributed by atoms with E-state index in [0.29, 0.717) is 5.92 Å². The number of aryl methyl sites for hydroxylation is 2. The molecule has 0 bridgehead atoms. The Hall–Kier alpha value is -1.72. The van der Waals surface area contributed by atoms with Gasteiger partial charge >= 0.3 is 0 Å². The van der Waals surface area contributed by atoms with E-state index in [2.05, 4.69) is 33.6 Å². The van der Waals surface area contributed by atoms with Crippen LogP contribution in [0.4, 0.5) is 5.69 Å². The predicted octanol–water partition coefficient (Wildman–Crippen LogP) is 3.58. The minimum atomic E-state index is -0.00335. The first kappa shape index (κ1) is 15.8. The summed E-state index contributed by atoms with van der Waals surface area (Å²) in [4.78, 5) is 19.7. The first-order valence-electron chi connectivity index (χ1n) is 8.75. The predicted molar refractivity (Wildman–Crippen MR) is 97.6 cm³/mol. The minimum Gasteiger partial charge on any atom is -0.324 e. The second-order valence-electron chi connectivity index (χ2n) is 6.84.